The van der Waals surface area contributed by atoms with Crippen molar-refractivity contribution in [1.29, 1.82) is 10.8 Å². The summed E-state index contributed by atoms with van der Waals surface area (Å²) in [4.78, 5) is 5.92. The van der Waals surface area contributed by atoms with E-state index in [2.05, 4.69) is 43.1 Å². The van der Waals surface area contributed by atoms with Gasteiger partial charge in [0, 0.05) is 29.7 Å². The quantitative estimate of drug-likeness (QED) is 0.499. The molecular weight excluding hydrogens is 406 g/mol. The van der Waals surface area contributed by atoms with E-state index in [1.807, 2.05) is 18.0 Å². The maximum Gasteiger partial charge on any atom is 0.162 e. The van der Waals surface area contributed by atoms with E-state index in [9.17, 15) is 0 Å². The maximum absolute atomic E-state index is 8.56. The summed E-state index contributed by atoms with van der Waals surface area (Å²) in [7, 11) is 1.94. The van der Waals surface area contributed by atoms with Gasteiger partial charge in [0.25, 0.3) is 0 Å². The minimum Gasteiger partial charge on any atom is -0.351 e. The van der Waals surface area contributed by atoms with Crippen LogP contribution in [0.5, 0.6) is 0 Å². The van der Waals surface area contributed by atoms with E-state index < -0.39 is 0 Å². The van der Waals surface area contributed by atoms with Crippen molar-refractivity contribution >= 4 is 33.6 Å². The van der Waals surface area contributed by atoms with Crippen LogP contribution in [0.3, 0.4) is 0 Å². The summed E-state index contributed by atoms with van der Waals surface area (Å²) < 4.78 is 1.61. The van der Waals surface area contributed by atoms with E-state index in [0.29, 0.717) is 15.8 Å². The van der Waals surface area contributed by atoms with Crippen molar-refractivity contribution in [2.75, 3.05) is 7.05 Å². The number of halogens is 1. The van der Waals surface area contributed by atoms with Gasteiger partial charge in [0.15, 0.2) is 5.17 Å². The molecule has 0 unspecified atom stereocenters. The molecule has 156 valence electrons. The highest BCUT2D eigenvalue weighted by Crippen LogP contribution is 2.33. The summed E-state index contributed by atoms with van der Waals surface area (Å²) in [5, 5.41) is 25.9. The van der Waals surface area contributed by atoms with Gasteiger partial charge < -0.3 is 10.2 Å². The van der Waals surface area contributed by atoms with Crippen molar-refractivity contribution in [3.05, 3.63) is 41.4 Å². The molecule has 1 aliphatic rings. The fraction of sp³-hybridized carbons (Fsp3) is 0.500. The fourth-order valence-corrected chi connectivity index (χ4v) is 5.20. The van der Waals surface area contributed by atoms with E-state index in [1.165, 1.54) is 6.33 Å². The van der Waals surface area contributed by atoms with Crippen LogP contribution in [0.1, 0.15) is 46.1 Å². The molecule has 0 atom stereocenters. The Morgan fingerprint density at radius 1 is 1.24 bits per heavy atom. The van der Waals surface area contributed by atoms with Gasteiger partial charge in [-0.1, -0.05) is 11.6 Å². The Balaban J connectivity index is 1.69. The zero-order chi connectivity index (χ0) is 21.4. The van der Waals surface area contributed by atoms with Gasteiger partial charge in [0.2, 0.25) is 0 Å². The molecule has 1 aromatic carbocycles. The van der Waals surface area contributed by atoms with Crippen molar-refractivity contribution in [3.63, 3.8) is 0 Å². The van der Waals surface area contributed by atoms with Crippen LogP contribution in [0, 0.1) is 10.8 Å². The van der Waals surface area contributed by atoms with E-state index in [-0.39, 0.29) is 22.2 Å². The van der Waals surface area contributed by atoms with Gasteiger partial charge in [-0.2, -0.15) is 5.10 Å². The number of nitrogens with one attached hydrogen (secondary N) is 3. The molecule has 29 heavy (non-hydrogen) atoms. The van der Waals surface area contributed by atoms with Crippen LogP contribution >= 0.6 is 23.4 Å². The molecule has 3 N–H and O–H groups in total. The van der Waals surface area contributed by atoms with Crippen LogP contribution < -0.4 is 5.32 Å². The fourth-order valence-electron chi connectivity index (χ4n) is 4.10. The minimum atomic E-state index is -0.000368. The van der Waals surface area contributed by atoms with Crippen molar-refractivity contribution in [2.45, 2.75) is 57.7 Å². The molecule has 0 aliphatic carbocycles. The Labute approximate surface area is 181 Å². The zero-order valence-electron chi connectivity index (χ0n) is 17.5. The Morgan fingerprint density at radius 2 is 1.90 bits per heavy atom. The molecule has 1 saturated heterocycles. The Morgan fingerprint density at radius 3 is 2.45 bits per heavy atom. The second-order valence-electron chi connectivity index (χ2n) is 8.81. The highest BCUT2D eigenvalue weighted by atomic mass is 35.5. The second-order valence-corrected chi connectivity index (χ2v) is 10.2. The summed E-state index contributed by atoms with van der Waals surface area (Å²) >= 11 is 7.54. The summed E-state index contributed by atoms with van der Waals surface area (Å²) in [6, 6.07) is 5.62. The van der Waals surface area contributed by atoms with Gasteiger partial charge in [0.1, 0.15) is 17.7 Å². The molecule has 9 heteroatoms. The van der Waals surface area contributed by atoms with Crippen molar-refractivity contribution in [2.24, 2.45) is 0 Å². The molecule has 1 fully saturated rings. The van der Waals surface area contributed by atoms with Gasteiger partial charge in [-0.25, -0.2) is 9.67 Å². The van der Waals surface area contributed by atoms with Crippen LogP contribution in [-0.2, 0) is 0 Å². The first-order valence-corrected chi connectivity index (χ1v) is 10.7. The predicted molar refractivity (Wildman–Crippen MR) is 121 cm³/mol. The monoisotopic (exact) mass is 433 g/mol. The zero-order valence-corrected chi connectivity index (χ0v) is 19.0. The van der Waals surface area contributed by atoms with E-state index >= 15 is 0 Å². The number of amidine groups is 1. The molecule has 3 rings (SSSR count). The second kappa shape index (κ2) is 8.08. The first-order valence-electron chi connectivity index (χ1n) is 9.49. The average molecular weight is 434 g/mol. The highest BCUT2D eigenvalue weighted by Gasteiger charge is 2.39. The molecule has 2 aromatic rings. The van der Waals surface area contributed by atoms with E-state index in [4.69, 9.17) is 22.4 Å². The number of nitrogens with zero attached hydrogens (tertiary/aromatic N) is 4. The Kier molecular flexibility index (Phi) is 6.08. The largest absolute Gasteiger partial charge is 0.351 e. The third kappa shape index (κ3) is 5.18. The molecular formula is C20H28ClN7S. The summed E-state index contributed by atoms with van der Waals surface area (Å²) in [6.07, 6.45) is 4.94. The SMILES string of the molecule is CN(C(=N)SC(=N)c1ccc(-n2cncn2)cc1Cl)C1CC(C)(C)NC(C)(C)C1. The smallest absolute Gasteiger partial charge is 0.162 e. The first kappa shape index (κ1) is 21.8. The molecule has 0 spiro atoms. The third-order valence-electron chi connectivity index (χ3n) is 5.12. The predicted octanol–water partition coefficient (Wildman–Crippen LogP) is 4.16. The highest BCUT2D eigenvalue weighted by molar-refractivity contribution is 8.26. The van der Waals surface area contributed by atoms with Crippen LogP contribution in [0.2, 0.25) is 5.02 Å². The van der Waals surface area contributed by atoms with Gasteiger partial charge in [-0.05, 0) is 70.5 Å². The maximum atomic E-state index is 8.56. The Bertz CT molecular complexity index is 892. The molecule has 0 radical (unpaired) electrons. The van der Waals surface area contributed by atoms with Crippen LogP contribution in [-0.4, -0.2) is 54.0 Å². The topological polar surface area (TPSA) is 93.7 Å². The lowest BCUT2D eigenvalue weighted by Crippen LogP contribution is -2.62. The van der Waals surface area contributed by atoms with Crippen molar-refractivity contribution < 1.29 is 0 Å². The van der Waals surface area contributed by atoms with E-state index in [1.54, 1.807) is 23.1 Å². The van der Waals surface area contributed by atoms with Crippen LogP contribution in [0.4, 0.5) is 0 Å². The van der Waals surface area contributed by atoms with Crippen LogP contribution in [0.15, 0.2) is 30.9 Å². The number of hydrogen-bond donors (Lipinski definition) is 3. The number of rotatable bonds is 3. The lowest BCUT2D eigenvalue weighted by atomic mass is 9.79. The number of benzene rings is 1. The van der Waals surface area contributed by atoms with Crippen molar-refractivity contribution in [3.8, 4) is 5.69 Å². The van der Waals surface area contributed by atoms with Gasteiger partial charge in [-0.15, -0.1) is 0 Å². The average Bonchev–Trinajstić information content (AvgIpc) is 3.12. The molecule has 1 aromatic heterocycles. The minimum absolute atomic E-state index is 0.000368. The molecule has 2 heterocycles. The van der Waals surface area contributed by atoms with Gasteiger partial charge >= 0.3 is 0 Å². The number of hydrogen-bond acceptors (Lipinski definition) is 6. The number of piperidine rings is 1. The normalized spacial score (nSPS) is 18.4. The molecule has 0 bridgehead atoms. The molecule has 0 saturated carbocycles. The molecule has 1 aliphatic heterocycles. The summed E-state index contributed by atoms with van der Waals surface area (Å²) in [6.45, 7) is 8.79. The van der Waals surface area contributed by atoms with Crippen LogP contribution in [0.25, 0.3) is 5.69 Å². The van der Waals surface area contributed by atoms with Gasteiger partial charge in [-0.3, -0.25) is 10.8 Å². The number of thioether (sulfide) groups is 1. The van der Waals surface area contributed by atoms with Crippen molar-refractivity contribution in [1.82, 2.24) is 25.0 Å². The Hall–Kier alpha value is -1.90. The molecule has 0 amide bonds. The summed E-state index contributed by atoms with van der Waals surface area (Å²) in [5.41, 5.74) is 1.38. The van der Waals surface area contributed by atoms with Gasteiger partial charge in [0.05, 0.1) is 10.7 Å². The molecule has 7 nitrogen and oxygen atoms in total. The first-order chi connectivity index (χ1) is 13.5. The number of aromatic nitrogens is 3. The lowest BCUT2D eigenvalue weighted by molar-refractivity contribution is 0.114. The summed E-state index contributed by atoms with van der Waals surface area (Å²) in [5.74, 6) is 0. The van der Waals surface area contributed by atoms with E-state index in [0.717, 1.165) is 30.3 Å². The standard InChI is InChI=1S/C20H28ClN7S/c1-19(2)9-14(10-20(3,4)26-19)27(5)18(23)29-17(22)15-7-6-13(8-16(15)21)28-12-24-11-25-28/h6-8,11-12,14,22-23,26H,9-10H2,1-5H3. The third-order valence-corrected chi connectivity index (χ3v) is 6.33. The lowest BCUT2D eigenvalue weighted by Gasteiger charge is -2.49.